The van der Waals surface area contributed by atoms with Crippen LogP contribution in [-0.4, -0.2) is 25.3 Å². The smallest absolute Gasteiger partial charge is 0.272 e. The summed E-state index contributed by atoms with van der Waals surface area (Å²) in [6, 6.07) is 5.84. The van der Waals surface area contributed by atoms with Gasteiger partial charge in [0, 0.05) is 0 Å². The number of hydroxylamine groups is 2. The van der Waals surface area contributed by atoms with Crippen LogP contribution >= 0.6 is 0 Å². The molecule has 1 saturated carbocycles. The maximum Gasteiger partial charge on any atom is 0.318 e. The number of hydrogen-bond acceptors (Lipinski definition) is 5. The van der Waals surface area contributed by atoms with Gasteiger partial charge in [0.05, 0.1) is 16.7 Å². The van der Waals surface area contributed by atoms with Crippen LogP contribution in [0.3, 0.4) is 0 Å². The summed E-state index contributed by atoms with van der Waals surface area (Å²) in [6.07, 6.45) is 4.51. The Labute approximate surface area is 134 Å². The Morgan fingerprint density at radius 1 is 1.04 bits per heavy atom. The van der Waals surface area contributed by atoms with Gasteiger partial charge in [-0.15, -0.1) is 9.35 Å². The first-order valence-corrected chi connectivity index (χ1v) is 8.90. The van der Waals surface area contributed by atoms with E-state index >= 15 is 0 Å². The second-order valence-corrected chi connectivity index (χ2v) is 7.30. The van der Waals surface area contributed by atoms with Crippen molar-refractivity contribution in [2.45, 2.75) is 30.6 Å². The van der Waals surface area contributed by atoms with Crippen LogP contribution in [0.1, 0.15) is 31.2 Å². The molecule has 0 bridgehead atoms. The molecule has 2 fully saturated rings. The molecule has 0 spiro atoms. The summed E-state index contributed by atoms with van der Waals surface area (Å²) in [5.74, 6) is -2.00. The summed E-state index contributed by atoms with van der Waals surface area (Å²) >= 11 is 0. The average Bonchev–Trinajstić information content (AvgIpc) is 2.80. The topological polar surface area (TPSA) is 80.8 Å². The van der Waals surface area contributed by atoms with E-state index in [1.807, 2.05) is 0 Å². The van der Waals surface area contributed by atoms with E-state index in [1.165, 1.54) is 12.1 Å². The van der Waals surface area contributed by atoms with Crippen molar-refractivity contribution in [3.63, 3.8) is 0 Å². The number of fused-ring (bicyclic) bond motifs is 1. The Morgan fingerprint density at radius 3 is 2.04 bits per heavy atom. The van der Waals surface area contributed by atoms with Crippen LogP contribution in [-0.2, 0) is 24.0 Å². The summed E-state index contributed by atoms with van der Waals surface area (Å²) in [7, 11) is -4.23. The molecule has 1 aromatic rings. The van der Waals surface area contributed by atoms with Crippen LogP contribution in [0.25, 0.3) is 6.08 Å². The fourth-order valence-corrected chi connectivity index (χ4v) is 4.02. The lowest BCUT2D eigenvalue weighted by molar-refractivity contribution is -0.165. The van der Waals surface area contributed by atoms with Crippen LogP contribution in [0.15, 0.2) is 35.7 Å². The van der Waals surface area contributed by atoms with E-state index in [2.05, 4.69) is 6.58 Å². The molecule has 23 heavy (non-hydrogen) atoms. The van der Waals surface area contributed by atoms with Crippen LogP contribution in [0.2, 0.25) is 0 Å². The van der Waals surface area contributed by atoms with E-state index in [-0.39, 0.29) is 4.90 Å². The highest BCUT2D eigenvalue weighted by molar-refractivity contribution is 7.86. The van der Waals surface area contributed by atoms with Gasteiger partial charge >= 0.3 is 10.1 Å². The standard InChI is InChI=1S/C16H17NO5S/c1-2-11-7-9-12(10-8-11)23(20,21)22-17-15(18)13-5-3-4-6-14(13)16(17)19/h2,7-10,13-14H,1,3-6H2. The largest absolute Gasteiger partial charge is 0.318 e. The second kappa shape index (κ2) is 5.90. The third kappa shape index (κ3) is 2.82. The molecule has 2 unspecified atom stereocenters. The molecule has 2 atom stereocenters. The van der Waals surface area contributed by atoms with Gasteiger partial charge in [0.25, 0.3) is 11.8 Å². The molecule has 0 N–H and O–H groups in total. The lowest BCUT2D eigenvalue weighted by atomic mass is 9.81. The van der Waals surface area contributed by atoms with Crippen LogP contribution < -0.4 is 0 Å². The lowest BCUT2D eigenvalue weighted by Crippen LogP contribution is -2.33. The average molecular weight is 335 g/mol. The number of amides is 2. The van der Waals surface area contributed by atoms with Gasteiger partial charge < -0.3 is 0 Å². The van der Waals surface area contributed by atoms with Gasteiger partial charge in [0.2, 0.25) is 0 Å². The number of rotatable bonds is 4. The zero-order chi connectivity index (χ0) is 16.6. The second-order valence-electron chi connectivity index (χ2n) is 5.77. The van der Waals surface area contributed by atoms with Crippen molar-refractivity contribution in [2.75, 3.05) is 0 Å². The minimum absolute atomic E-state index is 0.112. The van der Waals surface area contributed by atoms with E-state index in [9.17, 15) is 18.0 Å². The van der Waals surface area contributed by atoms with Gasteiger partial charge in [-0.3, -0.25) is 9.59 Å². The minimum Gasteiger partial charge on any atom is -0.272 e. The Morgan fingerprint density at radius 2 is 1.57 bits per heavy atom. The molecule has 6 nitrogen and oxygen atoms in total. The zero-order valence-corrected chi connectivity index (χ0v) is 13.3. The summed E-state index contributed by atoms with van der Waals surface area (Å²) in [6.45, 7) is 3.59. The number of benzene rings is 1. The predicted molar refractivity (Wildman–Crippen MR) is 82.1 cm³/mol. The summed E-state index contributed by atoms with van der Waals surface area (Å²) < 4.78 is 29.4. The van der Waals surface area contributed by atoms with Crippen LogP contribution in [0, 0.1) is 11.8 Å². The third-order valence-electron chi connectivity index (χ3n) is 4.38. The van der Waals surface area contributed by atoms with E-state index < -0.39 is 33.8 Å². The Kier molecular flexibility index (Phi) is 4.08. The first kappa shape index (κ1) is 15.9. The molecule has 1 aromatic carbocycles. The lowest BCUT2D eigenvalue weighted by Gasteiger charge is -2.19. The molecule has 7 heteroatoms. The van der Waals surface area contributed by atoms with Crippen molar-refractivity contribution in [1.82, 2.24) is 5.06 Å². The number of hydrogen-bond donors (Lipinski definition) is 0. The summed E-state index contributed by atoms with van der Waals surface area (Å²) in [5, 5.41) is 0.442. The molecule has 3 rings (SSSR count). The maximum absolute atomic E-state index is 12.3. The van der Waals surface area contributed by atoms with Gasteiger partial charge in [0.1, 0.15) is 0 Å². The molecule has 1 aliphatic carbocycles. The molecule has 122 valence electrons. The predicted octanol–water partition coefficient (Wildman–Crippen LogP) is 2.13. The normalized spacial score (nSPS) is 24.6. The minimum atomic E-state index is -4.23. The van der Waals surface area contributed by atoms with E-state index in [4.69, 9.17) is 4.28 Å². The molecule has 2 amide bonds. The molecule has 2 aliphatic rings. The van der Waals surface area contributed by atoms with Crippen molar-refractivity contribution in [2.24, 2.45) is 11.8 Å². The summed E-state index contributed by atoms with van der Waals surface area (Å²) in [5.41, 5.74) is 0.753. The SMILES string of the molecule is C=Cc1ccc(S(=O)(=O)ON2C(=O)C3CCCCC3C2=O)cc1. The van der Waals surface area contributed by atoms with E-state index in [0.29, 0.717) is 17.9 Å². The summed E-state index contributed by atoms with van der Waals surface area (Å²) in [4.78, 5) is 24.4. The Bertz CT molecular complexity index is 729. The first-order valence-electron chi connectivity index (χ1n) is 7.49. The first-order chi connectivity index (χ1) is 10.9. The maximum atomic E-state index is 12.3. The van der Waals surface area contributed by atoms with Crippen molar-refractivity contribution in [1.29, 1.82) is 0 Å². The molecule has 1 heterocycles. The molecular weight excluding hydrogens is 318 g/mol. The van der Waals surface area contributed by atoms with Crippen molar-refractivity contribution < 1.29 is 22.3 Å². The Hall–Kier alpha value is -1.99. The monoisotopic (exact) mass is 335 g/mol. The van der Waals surface area contributed by atoms with Gasteiger partial charge in [-0.05, 0) is 30.5 Å². The van der Waals surface area contributed by atoms with Crippen molar-refractivity contribution >= 4 is 28.0 Å². The number of carbonyl (C=O) groups excluding carboxylic acids is 2. The quantitative estimate of drug-likeness (QED) is 0.787. The molecule has 0 aromatic heterocycles. The van der Waals surface area contributed by atoms with Gasteiger partial charge in [-0.2, -0.15) is 8.42 Å². The number of imide groups is 1. The van der Waals surface area contributed by atoms with Crippen LogP contribution in [0.4, 0.5) is 0 Å². The zero-order valence-electron chi connectivity index (χ0n) is 12.5. The van der Waals surface area contributed by atoms with Gasteiger partial charge in [0.15, 0.2) is 0 Å². The van der Waals surface area contributed by atoms with Gasteiger partial charge in [-0.1, -0.05) is 37.6 Å². The van der Waals surface area contributed by atoms with E-state index in [1.54, 1.807) is 18.2 Å². The molecule has 1 saturated heterocycles. The van der Waals surface area contributed by atoms with Crippen molar-refractivity contribution in [3.05, 3.63) is 36.4 Å². The highest BCUT2D eigenvalue weighted by atomic mass is 32.2. The molecule has 0 radical (unpaired) electrons. The fraction of sp³-hybridized carbons (Fsp3) is 0.375. The molecule has 1 aliphatic heterocycles. The highest BCUT2D eigenvalue weighted by Gasteiger charge is 2.50. The molecular formula is C16H17NO5S. The number of nitrogens with zero attached hydrogens (tertiary/aromatic N) is 1. The fourth-order valence-electron chi connectivity index (χ4n) is 3.12. The number of carbonyl (C=O) groups is 2. The van der Waals surface area contributed by atoms with Gasteiger partial charge in [-0.25, -0.2) is 0 Å². The van der Waals surface area contributed by atoms with Crippen LogP contribution in [0.5, 0.6) is 0 Å². The highest BCUT2D eigenvalue weighted by Crippen LogP contribution is 2.38. The third-order valence-corrected chi connectivity index (χ3v) is 5.57. The Balaban J connectivity index is 1.83. The van der Waals surface area contributed by atoms with E-state index in [0.717, 1.165) is 18.4 Å². The van der Waals surface area contributed by atoms with Crippen molar-refractivity contribution in [3.8, 4) is 0 Å².